The average molecular weight is 218 g/mol. The van der Waals surface area contributed by atoms with Gasteiger partial charge in [0.2, 0.25) is 0 Å². The van der Waals surface area contributed by atoms with Gasteiger partial charge in [-0.05, 0) is 12.1 Å². The van der Waals surface area contributed by atoms with Crippen LogP contribution in [0.2, 0.25) is 0 Å². The van der Waals surface area contributed by atoms with E-state index in [9.17, 15) is 4.79 Å². The van der Waals surface area contributed by atoms with Crippen LogP contribution in [0.15, 0.2) is 36.1 Å². The molecule has 0 saturated heterocycles. The number of ether oxygens (including phenoxy) is 1. The first-order valence-corrected chi connectivity index (χ1v) is 4.96. The van der Waals surface area contributed by atoms with Crippen LogP contribution in [0, 0.1) is 0 Å². The third-order valence-electron chi connectivity index (χ3n) is 2.76. The highest BCUT2D eigenvalue weighted by atomic mass is 16.5. The smallest absolute Gasteiger partial charge is 0.337 e. The zero-order chi connectivity index (χ0) is 11.1. The van der Waals surface area contributed by atoms with Crippen LogP contribution in [0.25, 0.3) is 0 Å². The molecule has 0 bridgehead atoms. The number of hydrogen-bond acceptors (Lipinski definition) is 4. The van der Waals surface area contributed by atoms with Crippen molar-refractivity contribution in [3.05, 3.63) is 36.1 Å². The number of aliphatic carboxylic acids is 1. The molecular formula is C11H10N2O3. The zero-order valence-corrected chi connectivity index (χ0v) is 8.31. The molecule has 0 aromatic heterocycles. The first-order valence-electron chi connectivity index (χ1n) is 4.96. The van der Waals surface area contributed by atoms with Gasteiger partial charge in [0.15, 0.2) is 6.23 Å². The summed E-state index contributed by atoms with van der Waals surface area (Å²) in [6.07, 6.45) is 0.949. The third-order valence-corrected chi connectivity index (χ3v) is 2.76. The van der Waals surface area contributed by atoms with Gasteiger partial charge in [-0.15, -0.1) is 0 Å². The van der Waals surface area contributed by atoms with E-state index in [4.69, 9.17) is 9.84 Å². The van der Waals surface area contributed by atoms with Gasteiger partial charge in [0.1, 0.15) is 6.04 Å². The molecule has 16 heavy (non-hydrogen) atoms. The maximum absolute atomic E-state index is 11.0. The monoisotopic (exact) mass is 218 g/mol. The SMILES string of the molecule is O=C(O)C1=COC2Nc3ccccc3NC12. The number of rotatable bonds is 1. The lowest BCUT2D eigenvalue weighted by atomic mass is 10.1. The van der Waals surface area contributed by atoms with Crippen molar-refractivity contribution in [2.45, 2.75) is 12.3 Å². The Labute approximate surface area is 91.7 Å². The first kappa shape index (κ1) is 9.08. The van der Waals surface area contributed by atoms with Crippen molar-refractivity contribution in [2.24, 2.45) is 0 Å². The zero-order valence-electron chi connectivity index (χ0n) is 8.31. The number of carboxylic acids is 1. The van der Waals surface area contributed by atoms with Crippen molar-refractivity contribution in [1.82, 2.24) is 0 Å². The minimum absolute atomic E-state index is 0.243. The molecule has 0 radical (unpaired) electrons. The molecule has 3 N–H and O–H groups in total. The molecule has 2 heterocycles. The number of benzene rings is 1. The number of nitrogens with one attached hydrogen (secondary N) is 2. The minimum atomic E-state index is -0.957. The van der Waals surface area contributed by atoms with Crippen LogP contribution in [0.5, 0.6) is 0 Å². The Kier molecular flexibility index (Phi) is 1.80. The number of fused-ring (bicyclic) bond motifs is 2. The van der Waals surface area contributed by atoms with E-state index in [-0.39, 0.29) is 17.8 Å². The van der Waals surface area contributed by atoms with Crippen LogP contribution in [0.4, 0.5) is 11.4 Å². The van der Waals surface area contributed by atoms with E-state index >= 15 is 0 Å². The maximum Gasteiger partial charge on any atom is 0.337 e. The van der Waals surface area contributed by atoms with Crippen LogP contribution in [-0.4, -0.2) is 23.3 Å². The van der Waals surface area contributed by atoms with Gasteiger partial charge in [0.05, 0.1) is 23.2 Å². The van der Waals surface area contributed by atoms with Crippen LogP contribution in [0.3, 0.4) is 0 Å². The Balaban J connectivity index is 1.94. The second-order valence-electron chi connectivity index (χ2n) is 3.75. The van der Waals surface area contributed by atoms with E-state index in [0.29, 0.717) is 0 Å². The lowest BCUT2D eigenvalue weighted by molar-refractivity contribution is -0.132. The average Bonchev–Trinajstić information content (AvgIpc) is 2.68. The summed E-state index contributed by atoms with van der Waals surface area (Å²) >= 11 is 0. The molecule has 5 nitrogen and oxygen atoms in total. The molecular weight excluding hydrogens is 208 g/mol. The van der Waals surface area contributed by atoms with Gasteiger partial charge in [-0.25, -0.2) is 4.79 Å². The van der Waals surface area contributed by atoms with Crippen LogP contribution in [-0.2, 0) is 9.53 Å². The largest absolute Gasteiger partial charge is 0.478 e. The van der Waals surface area contributed by atoms with E-state index < -0.39 is 5.97 Å². The molecule has 82 valence electrons. The number of carbonyl (C=O) groups is 1. The topological polar surface area (TPSA) is 70.6 Å². The number of hydrogen-bond donors (Lipinski definition) is 3. The molecule has 0 saturated carbocycles. The van der Waals surface area contributed by atoms with Gasteiger partial charge < -0.3 is 20.5 Å². The molecule has 2 aliphatic heterocycles. The lowest BCUT2D eigenvalue weighted by Gasteiger charge is -2.30. The Bertz CT molecular complexity index is 484. The molecule has 2 aliphatic rings. The van der Waals surface area contributed by atoms with E-state index in [1.165, 1.54) is 6.26 Å². The predicted molar refractivity (Wildman–Crippen MR) is 58.1 cm³/mol. The van der Waals surface area contributed by atoms with Gasteiger partial charge in [-0.2, -0.15) is 0 Å². The van der Waals surface area contributed by atoms with Gasteiger partial charge in [0, 0.05) is 0 Å². The fraction of sp³-hybridized carbons (Fsp3) is 0.182. The van der Waals surface area contributed by atoms with Crippen molar-refractivity contribution >= 4 is 17.3 Å². The lowest BCUT2D eigenvalue weighted by Crippen LogP contribution is -2.43. The van der Waals surface area contributed by atoms with Crippen molar-refractivity contribution in [3.63, 3.8) is 0 Å². The highest BCUT2D eigenvalue weighted by Crippen LogP contribution is 2.33. The van der Waals surface area contributed by atoms with E-state index in [2.05, 4.69) is 10.6 Å². The number of para-hydroxylation sites is 2. The van der Waals surface area contributed by atoms with E-state index in [1.807, 2.05) is 24.3 Å². The van der Waals surface area contributed by atoms with Crippen LogP contribution < -0.4 is 10.6 Å². The van der Waals surface area contributed by atoms with Crippen molar-refractivity contribution < 1.29 is 14.6 Å². The molecule has 0 aliphatic carbocycles. The predicted octanol–water partition coefficient (Wildman–Crippen LogP) is 1.22. The maximum atomic E-state index is 11.0. The summed E-state index contributed by atoms with van der Waals surface area (Å²) in [6.45, 7) is 0. The van der Waals surface area contributed by atoms with Crippen molar-refractivity contribution in [3.8, 4) is 0 Å². The number of anilines is 2. The second-order valence-corrected chi connectivity index (χ2v) is 3.75. The summed E-state index contributed by atoms with van der Waals surface area (Å²) in [5.41, 5.74) is 2.05. The van der Waals surface area contributed by atoms with E-state index in [1.54, 1.807) is 0 Å². The highest BCUT2D eigenvalue weighted by Gasteiger charge is 2.38. The number of carboxylic acid groups (broad SMARTS) is 1. The van der Waals surface area contributed by atoms with Gasteiger partial charge in [0.25, 0.3) is 0 Å². The Morgan fingerprint density at radius 3 is 2.62 bits per heavy atom. The van der Waals surface area contributed by atoms with Gasteiger partial charge >= 0.3 is 5.97 Å². The molecule has 1 aromatic carbocycles. The minimum Gasteiger partial charge on any atom is -0.478 e. The molecule has 0 spiro atoms. The second kappa shape index (κ2) is 3.16. The molecule has 1 aromatic rings. The first-order chi connectivity index (χ1) is 7.75. The molecule has 5 heteroatoms. The molecule has 0 amide bonds. The van der Waals surface area contributed by atoms with Crippen LogP contribution >= 0.6 is 0 Å². The van der Waals surface area contributed by atoms with Crippen molar-refractivity contribution in [2.75, 3.05) is 10.6 Å². The Morgan fingerprint density at radius 1 is 1.25 bits per heavy atom. The molecule has 0 fully saturated rings. The molecule has 2 unspecified atom stereocenters. The fourth-order valence-corrected chi connectivity index (χ4v) is 1.97. The molecule has 2 atom stereocenters. The third kappa shape index (κ3) is 1.21. The highest BCUT2D eigenvalue weighted by molar-refractivity contribution is 5.90. The summed E-state index contributed by atoms with van der Waals surface area (Å²) in [7, 11) is 0. The Morgan fingerprint density at radius 2 is 1.94 bits per heavy atom. The summed E-state index contributed by atoms with van der Waals surface area (Å²) in [5.74, 6) is -0.957. The van der Waals surface area contributed by atoms with Crippen LogP contribution in [0.1, 0.15) is 0 Å². The van der Waals surface area contributed by atoms with Crippen molar-refractivity contribution in [1.29, 1.82) is 0 Å². The summed E-state index contributed by atoms with van der Waals surface area (Å²) in [5, 5.41) is 15.3. The Hall–Kier alpha value is -2.17. The van der Waals surface area contributed by atoms with Gasteiger partial charge in [-0.1, -0.05) is 12.1 Å². The summed E-state index contributed by atoms with van der Waals surface area (Å²) in [6, 6.07) is 7.28. The van der Waals surface area contributed by atoms with Gasteiger partial charge in [-0.3, -0.25) is 0 Å². The summed E-state index contributed by atoms with van der Waals surface area (Å²) in [4.78, 5) is 11.0. The standard InChI is InChI=1S/C11H10N2O3/c14-11(15)6-5-16-10-9(6)12-7-3-1-2-4-8(7)13-10/h1-5,9-10,12-13H,(H,14,15). The quantitative estimate of drug-likeness (QED) is 0.661. The fourth-order valence-electron chi connectivity index (χ4n) is 1.97. The summed E-state index contributed by atoms with van der Waals surface area (Å²) < 4.78 is 5.27. The molecule has 3 rings (SSSR count). The normalized spacial score (nSPS) is 25.4. The van der Waals surface area contributed by atoms with E-state index in [0.717, 1.165) is 11.4 Å².